The van der Waals surface area contributed by atoms with Gasteiger partial charge in [0.05, 0.1) is 12.5 Å². The van der Waals surface area contributed by atoms with Crippen LogP contribution in [0.2, 0.25) is 5.02 Å². The zero-order valence-corrected chi connectivity index (χ0v) is 10.4. The fourth-order valence-corrected chi connectivity index (χ4v) is 1.90. The number of halogens is 1. The Morgan fingerprint density at radius 1 is 1.18 bits per heavy atom. The van der Waals surface area contributed by atoms with Crippen LogP contribution < -0.4 is 4.57 Å². The van der Waals surface area contributed by atoms with Crippen molar-refractivity contribution < 1.29 is 9.67 Å². The van der Waals surface area contributed by atoms with Crippen LogP contribution in [-0.2, 0) is 13.5 Å². The van der Waals surface area contributed by atoms with Gasteiger partial charge in [0.2, 0.25) is 0 Å². The molecule has 0 amide bonds. The van der Waals surface area contributed by atoms with Gasteiger partial charge < -0.3 is 5.11 Å². The largest absolute Gasteiger partial charge is 0.388 e. The van der Waals surface area contributed by atoms with E-state index in [9.17, 15) is 5.11 Å². The van der Waals surface area contributed by atoms with Crippen LogP contribution in [0, 0.1) is 0 Å². The van der Waals surface area contributed by atoms with Crippen molar-refractivity contribution in [1.29, 1.82) is 0 Å². The quantitative estimate of drug-likeness (QED) is 0.829. The number of nitrogens with zero attached hydrogens (tertiary/aromatic N) is 1. The number of aromatic nitrogens is 1. The van der Waals surface area contributed by atoms with E-state index in [1.54, 1.807) is 12.1 Å². The van der Waals surface area contributed by atoms with Crippen LogP contribution in [0.5, 0.6) is 0 Å². The minimum atomic E-state index is -0.499. The lowest BCUT2D eigenvalue weighted by Crippen LogP contribution is -2.33. The van der Waals surface area contributed by atoms with Crippen LogP contribution in [0.25, 0.3) is 0 Å². The minimum absolute atomic E-state index is 0.499. The van der Waals surface area contributed by atoms with E-state index >= 15 is 0 Å². The molecule has 17 heavy (non-hydrogen) atoms. The summed E-state index contributed by atoms with van der Waals surface area (Å²) in [5.41, 5.74) is 1.98. The first kappa shape index (κ1) is 12.1. The Kier molecular flexibility index (Phi) is 3.77. The van der Waals surface area contributed by atoms with E-state index in [4.69, 9.17) is 11.6 Å². The highest BCUT2D eigenvalue weighted by Gasteiger charge is 2.13. The summed E-state index contributed by atoms with van der Waals surface area (Å²) < 4.78 is 2.01. The van der Waals surface area contributed by atoms with E-state index in [2.05, 4.69) is 0 Å². The van der Waals surface area contributed by atoms with Gasteiger partial charge in [-0.2, -0.15) is 0 Å². The zero-order chi connectivity index (χ0) is 12.3. The Morgan fingerprint density at radius 3 is 2.53 bits per heavy atom. The van der Waals surface area contributed by atoms with Gasteiger partial charge in [-0.05, 0) is 17.7 Å². The van der Waals surface area contributed by atoms with Crippen LogP contribution in [0.1, 0.15) is 17.4 Å². The van der Waals surface area contributed by atoms with Crippen LogP contribution in [0.3, 0.4) is 0 Å². The summed E-state index contributed by atoms with van der Waals surface area (Å²) in [7, 11) is 1.98. The molecule has 0 aliphatic heterocycles. The number of aliphatic hydroxyl groups is 1. The van der Waals surface area contributed by atoms with Crippen molar-refractivity contribution in [2.75, 3.05) is 0 Å². The molecular weight excluding hydrogens is 234 g/mol. The molecule has 0 fully saturated rings. The summed E-state index contributed by atoms with van der Waals surface area (Å²) in [6, 6.07) is 13.3. The minimum Gasteiger partial charge on any atom is -0.388 e. The normalized spacial score (nSPS) is 12.4. The molecule has 88 valence electrons. The molecule has 0 spiro atoms. The third-order valence-corrected chi connectivity index (χ3v) is 3.07. The van der Waals surface area contributed by atoms with Crippen molar-refractivity contribution in [3.8, 4) is 0 Å². The first-order valence-electron chi connectivity index (χ1n) is 5.54. The van der Waals surface area contributed by atoms with Crippen molar-refractivity contribution in [2.45, 2.75) is 12.5 Å². The number of benzene rings is 1. The van der Waals surface area contributed by atoms with E-state index in [1.807, 2.05) is 48.1 Å². The van der Waals surface area contributed by atoms with E-state index in [1.165, 1.54) is 0 Å². The lowest BCUT2D eigenvalue weighted by Gasteiger charge is -2.09. The smallest absolute Gasteiger partial charge is 0.184 e. The molecule has 1 aromatic heterocycles. The van der Waals surface area contributed by atoms with Crippen molar-refractivity contribution in [1.82, 2.24) is 0 Å². The van der Waals surface area contributed by atoms with Crippen molar-refractivity contribution >= 4 is 11.6 Å². The van der Waals surface area contributed by atoms with Crippen molar-refractivity contribution in [3.63, 3.8) is 0 Å². The molecule has 0 bridgehead atoms. The lowest BCUT2D eigenvalue weighted by atomic mass is 10.0. The Labute approximate surface area is 106 Å². The van der Waals surface area contributed by atoms with Gasteiger partial charge in [0.1, 0.15) is 7.05 Å². The van der Waals surface area contributed by atoms with Gasteiger partial charge in [-0.25, -0.2) is 4.57 Å². The summed E-state index contributed by atoms with van der Waals surface area (Å²) in [6.07, 6.45) is 2.07. The van der Waals surface area contributed by atoms with Gasteiger partial charge >= 0.3 is 0 Å². The maximum Gasteiger partial charge on any atom is 0.184 e. The van der Waals surface area contributed by atoms with Crippen LogP contribution in [0.4, 0.5) is 0 Å². The van der Waals surface area contributed by atoms with E-state index in [0.29, 0.717) is 11.4 Å². The fourth-order valence-electron chi connectivity index (χ4n) is 1.77. The SMILES string of the molecule is C[n+]1ccccc1CC(O)c1ccc(Cl)cc1. The zero-order valence-electron chi connectivity index (χ0n) is 9.68. The number of hydrogen-bond donors (Lipinski definition) is 1. The van der Waals surface area contributed by atoms with Gasteiger partial charge in [0.15, 0.2) is 11.9 Å². The highest BCUT2D eigenvalue weighted by molar-refractivity contribution is 6.30. The average Bonchev–Trinajstić information content (AvgIpc) is 2.33. The van der Waals surface area contributed by atoms with Gasteiger partial charge in [-0.3, -0.25) is 0 Å². The number of aliphatic hydroxyl groups excluding tert-OH is 1. The monoisotopic (exact) mass is 248 g/mol. The maximum atomic E-state index is 10.1. The van der Waals surface area contributed by atoms with Crippen LogP contribution in [0.15, 0.2) is 48.7 Å². The standard InChI is InChI=1S/C14H15ClNO/c1-16-9-3-2-4-13(16)10-14(17)11-5-7-12(15)8-6-11/h2-9,14,17H,10H2,1H3/q+1. The molecule has 1 unspecified atom stereocenters. The number of aryl methyl sites for hydroxylation is 1. The molecule has 0 radical (unpaired) electrons. The van der Waals surface area contributed by atoms with E-state index in [-0.39, 0.29) is 0 Å². The maximum absolute atomic E-state index is 10.1. The van der Waals surface area contributed by atoms with Gasteiger partial charge in [0, 0.05) is 17.2 Å². The van der Waals surface area contributed by atoms with Crippen LogP contribution in [-0.4, -0.2) is 5.11 Å². The highest BCUT2D eigenvalue weighted by Crippen LogP contribution is 2.18. The Balaban J connectivity index is 2.14. The molecule has 0 saturated carbocycles. The molecular formula is C14H15ClNO+. The molecule has 2 aromatic rings. The summed E-state index contributed by atoms with van der Waals surface area (Å²) in [6.45, 7) is 0. The Bertz CT molecular complexity index is 496. The van der Waals surface area contributed by atoms with Gasteiger partial charge in [-0.1, -0.05) is 29.8 Å². The first-order chi connectivity index (χ1) is 8.16. The average molecular weight is 249 g/mol. The Morgan fingerprint density at radius 2 is 1.88 bits per heavy atom. The number of hydrogen-bond acceptors (Lipinski definition) is 1. The molecule has 1 aromatic carbocycles. The summed E-state index contributed by atoms with van der Waals surface area (Å²) in [5, 5.41) is 10.8. The molecule has 1 N–H and O–H groups in total. The topological polar surface area (TPSA) is 24.1 Å². The third kappa shape index (κ3) is 3.05. The molecule has 1 atom stereocenters. The van der Waals surface area contributed by atoms with Crippen molar-refractivity contribution in [3.05, 3.63) is 64.9 Å². The predicted molar refractivity (Wildman–Crippen MR) is 67.7 cm³/mol. The fraction of sp³-hybridized carbons (Fsp3) is 0.214. The highest BCUT2D eigenvalue weighted by atomic mass is 35.5. The predicted octanol–water partition coefficient (Wildman–Crippen LogP) is 2.44. The molecule has 2 nitrogen and oxygen atoms in total. The molecule has 1 heterocycles. The van der Waals surface area contributed by atoms with Gasteiger partial charge in [0.25, 0.3) is 0 Å². The molecule has 0 aliphatic rings. The molecule has 0 aliphatic carbocycles. The Hall–Kier alpha value is -1.38. The number of rotatable bonds is 3. The van der Waals surface area contributed by atoms with Crippen LogP contribution >= 0.6 is 11.6 Å². The molecule has 0 saturated heterocycles. The lowest BCUT2D eigenvalue weighted by molar-refractivity contribution is -0.679. The second-order valence-corrected chi connectivity index (χ2v) is 4.51. The third-order valence-electron chi connectivity index (χ3n) is 2.82. The molecule has 3 heteroatoms. The molecule has 2 rings (SSSR count). The van der Waals surface area contributed by atoms with Gasteiger partial charge in [-0.15, -0.1) is 0 Å². The van der Waals surface area contributed by atoms with E-state index < -0.39 is 6.10 Å². The number of pyridine rings is 1. The summed E-state index contributed by atoms with van der Waals surface area (Å²) in [4.78, 5) is 0. The second kappa shape index (κ2) is 5.30. The van der Waals surface area contributed by atoms with E-state index in [0.717, 1.165) is 11.3 Å². The second-order valence-electron chi connectivity index (χ2n) is 4.07. The van der Waals surface area contributed by atoms with Crippen molar-refractivity contribution in [2.24, 2.45) is 7.05 Å². The summed E-state index contributed by atoms with van der Waals surface area (Å²) in [5.74, 6) is 0. The first-order valence-corrected chi connectivity index (χ1v) is 5.91. The summed E-state index contributed by atoms with van der Waals surface area (Å²) >= 11 is 5.82.